The van der Waals surface area contributed by atoms with Crippen LogP contribution >= 0.6 is 0 Å². The number of rotatable bonds is 15. The topological polar surface area (TPSA) is 117 Å². The summed E-state index contributed by atoms with van der Waals surface area (Å²) in [5.74, 6) is -0.239. The van der Waals surface area contributed by atoms with Crippen LogP contribution in [-0.4, -0.2) is 64.3 Å². The first-order valence-electron chi connectivity index (χ1n) is 11.8. The highest BCUT2D eigenvalue weighted by Crippen LogP contribution is 2.33. The van der Waals surface area contributed by atoms with Gasteiger partial charge in [0.2, 0.25) is 15.9 Å². The van der Waals surface area contributed by atoms with Gasteiger partial charge < -0.3 is 15.0 Å². The van der Waals surface area contributed by atoms with E-state index >= 15 is 0 Å². The van der Waals surface area contributed by atoms with Gasteiger partial charge in [0, 0.05) is 6.54 Å². The second-order valence-corrected chi connectivity index (χ2v) is 11.2. The number of hydrogen-bond donors (Lipinski definition) is 3. The van der Waals surface area contributed by atoms with Crippen LogP contribution in [0.4, 0.5) is 9.18 Å². The van der Waals surface area contributed by atoms with Crippen molar-refractivity contribution in [1.82, 2.24) is 20.3 Å². The molecule has 0 radical (unpaired) electrons. The zero-order valence-corrected chi connectivity index (χ0v) is 20.7. The number of ether oxygens (including phenoxy) is 1. The van der Waals surface area contributed by atoms with Gasteiger partial charge >= 0.3 is 6.03 Å². The predicted octanol–water partition coefficient (Wildman–Crippen LogP) is 2.08. The minimum absolute atomic E-state index is 0.0481. The number of halogens is 1. The number of amides is 3. The molecule has 1 saturated heterocycles. The van der Waals surface area contributed by atoms with Gasteiger partial charge in [0.25, 0.3) is 0 Å². The van der Waals surface area contributed by atoms with Gasteiger partial charge in [-0.3, -0.25) is 10.1 Å². The van der Waals surface area contributed by atoms with Gasteiger partial charge in [0.05, 0.1) is 17.9 Å². The van der Waals surface area contributed by atoms with E-state index in [1.165, 1.54) is 11.0 Å². The highest BCUT2D eigenvalue weighted by atomic mass is 32.2. The third-order valence-corrected chi connectivity index (χ3v) is 7.79. The Balaban J connectivity index is 1.58. The molecule has 2 aliphatic rings. The van der Waals surface area contributed by atoms with Gasteiger partial charge in [-0.1, -0.05) is 12.5 Å². The Morgan fingerprint density at radius 2 is 2.00 bits per heavy atom. The van der Waals surface area contributed by atoms with E-state index < -0.39 is 27.4 Å². The maximum atomic E-state index is 14.3. The summed E-state index contributed by atoms with van der Waals surface area (Å²) in [6.07, 6.45) is 4.26. The molecule has 11 heteroatoms. The summed E-state index contributed by atoms with van der Waals surface area (Å²) in [6, 6.07) is 4.11. The molecule has 2 fully saturated rings. The molecule has 0 bridgehead atoms. The lowest BCUT2D eigenvalue weighted by atomic mass is 9.89. The highest BCUT2D eigenvalue weighted by molar-refractivity contribution is 7.89. The summed E-state index contributed by atoms with van der Waals surface area (Å²) in [7, 11) is -1.85. The van der Waals surface area contributed by atoms with Crippen LogP contribution in [0.25, 0.3) is 0 Å². The first-order chi connectivity index (χ1) is 16.1. The highest BCUT2D eigenvalue weighted by Gasteiger charge is 2.32. The molecule has 1 saturated carbocycles. The Labute approximate surface area is 200 Å². The number of nitrogens with zero attached hydrogens (tertiary/aromatic N) is 1. The lowest BCUT2D eigenvalue weighted by Crippen LogP contribution is -2.46. The number of imide groups is 1. The zero-order chi connectivity index (χ0) is 24.8. The summed E-state index contributed by atoms with van der Waals surface area (Å²) >= 11 is 0. The van der Waals surface area contributed by atoms with Crippen molar-refractivity contribution in [2.75, 3.05) is 39.0 Å². The Morgan fingerprint density at radius 1 is 1.24 bits per heavy atom. The molecule has 1 unspecified atom stereocenters. The lowest BCUT2D eigenvalue weighted by molar-refractivity contribution is -0.118. The van der Waals surface area contributed by atoms with E-state index in [1.54, 1.807) is 26.1 Å². The second kappa shape index (κ2) is 11.5. The molecule has 1 atom stereocenters. The minimum Gasteiger partial charge on any atom is -0.490 e. The Bertz CT molecular complexity index is 986. The summed E-state index contributed by atoms with van der Waals surface area (Å²) in [5.41, 5.74) is -0.301. The monoisotopic (exact) mass is 498 g/mol. The third-order valence-electron chi connectivity index (χ3n) is 6.20. The maximum Gasteiger partial charge on any atom is 0.324 e. The van der Waals surface area contributed by atoms with E-state index in [9.17, 15) is 22.4 Å². The van der Waals surface area contributed by atoms with Crippen LogP contribution in [0.2, 0.25) is 0 Å². The average Bonchev–Trinajstić information content (AvgIpc) is 3.54. The van der Waals surface area contributed by atoms with Crippen LogP contribution in [0.3, 0.4) is 0 Å². The number of carbonyl (C=O) groups excluding carboxylic acids is 2. The van der Waals surface area contributed by atoms with Gasteiger partial charge in [-0.25, -0.2) is 22.3 Å². The van der Waals surface area contributed by atoms with Gasteiger partial charge in [-0.15, -0.1) is 0 Å². The van der Waals surface area contributed by atoms with Crippen molar-refractivity contribution in [1.29, 1.82) is 0 Å². The van der Waals surface area contributed by atoms with Crippen molar-refractivity contribution in [3.05, 3.63) is 29.6 Å². The van der Waals surface area contributed by atoms with Gasteiger partial charge in [-0.05, 0) is 76.2 Å². The van der Waals surface area contributed by atoms with Crippen LogP contribution in [0.5, 0.6) is 5.75 Å². The van der Waals surface area contributed by atoms with Crippen LogP contribution in [0, 0.1) is 11.7 Å². The maximum absolute atomic E-state index is 14.3. The second-order valence-electron chi connectivity index (χ2n) is 9.34. The fourth-order valence-corrected chi connectivity index (χ4v) is 5.50. The number of hydrogen-bond acceptors (Lipinski definition) is 6. The predicted molar refractivity (Wildman–Crippen MR) is 126 cm³/mol. The largest absolute Gasteiger partial charge is 0.490 e. The van der Waals surface area contributed by atoms with Gasteiger partial charge in [-0.2, -0.15) is 0 Å². The molecule has 0 spiro atoms. The minimum atomic E-state index is -3.63. The molecule has 1 aromatic carbocycles. The summed E-state index contributed by atoms with van der Waals surface area (Å²) in [6.45, 7) is 3.28. The molecule has 1 aliphatic carbocycles. The fourth-order valence-electron chi connectivity index (χ4n) is 3.91. The molecule has 190 valence electrons. The molecule has 9 nitrogen and oxygen atoms in total. The number of benzene rings is 1. The van der Waals surface area contributed by atoms with E-state index in [-0.39, 0.29) is 24.0 Å². The van der Waals surface area contributed by atoms with Crippen LogP contribution < -0.4 is 20.1 Å². The van der Waals surface area contributed by atoms with Crippen LogP contribution in [0.1, 0.15) is 51.0 Å². The molecular formula is C23H35FN4O5S. The molecule has 3 rings (SSSR count). The molecule has 1 aromatic rings. The SMILES string of the molecule is CNCCC(C)(NS(=O)(=O)CCCCCN1CC(=O)NC1=O)c1ccc(F)c(OCC2CC2)c1. The third kappa shape index (κ3) is 7.64. The molecule has 0 aromatic heterocycles. The van der Waals surface area contributed by atoms with Gasteiger partial charge in [0.15, 0.2) is 11.6 Å². The number of unbranched alkanes of at least 4 members (excludes halogenated alkanes) is 2. The van der Waals surface area contributed by atoms with Crippen molar-refractivity contribution in [2.24, 2.45) is 5.92 Å². The molecule has 34 heavy (non-hydrogen) atoms. The fraction of sp³-hybridized carbons (Fsp3) is 0.652. The summed E-state index contributed by atoms with van der Waals surface area (Å²) in [4.78, 5) is 24.2. The quantitative estimate of drug-likeness (QED) is 0.252. The van der Waals surface area contributed by atoms with Crippen LogP contribution in [0.15, 0.2) is 18.2 Å². The van der Waals surface area contributed by atoms with Gasteiger partial charge in [0.1, 0.15) is 6.54 Å². The van der Waals surface area contributed by atoms with E-state index in [0.29, 0.717) is 56.9 Å². The van der Waals surface area contributed by atoms with Crippen LogP contribution in [-0.2, 0) is 20.4 Å². The van der Waals surface area contributed by atoms with E-state index in [0.717, 1.165) is 12.8 Å². The van der Waals surface area contributed by atoms with Crippen molar-refractivity contribution in [2.45, 2.75) is 51.0 Å². The average molecular weight is 499 g/mol. The normalized spacial score (nSPS) is 18.1. The molecule has 3 amide bonds. The standard InChI is InChI=1S/C23H35FN4O5S/c1-23(10-11-25-2,18-8-9-19(24)20(14-18)33-16-17-6-7-17)27-34(31,32)13-5-3-4-12-28-15-21(29)26-22(28)30/h8-9,14,17,25,27H,3-7,10-13,15-16H2,1-2H3,(H,26,29,30). The number of urea groups is 1. The first kappa shape index (κ1) is 26.4. The summed E-state index contributed by atoms with van der Waals surface area (Å²) in [5, 5.41) is 5.26. The number of sulfonamides is 1. The lowest BCUT2D eigenvalue weighted by Gasteiger charge is -2.31. The van der Waals surface area contributed by atoms with Crippen molar-refractivity contribution in [3.63, 3.8) is 0 Å². The number of carbonyl (C=O) groups is 2. The Hall–Kier alpha value is -2.24. The smallest absolute Gasteiger partial charge is 0.324 e. The Kier molecular flexibility index (Phi) is 8.89. The Morgan fingerprint density at radius 3 is 2.65 bits per heavy atom. The molecule has 1 aliphatic heterocycles. The number of nitrogens with one attached hydrogen (secondary N) is 3. The van der Waals surface area contributed by atoms with E-state index in [4.69, 9.17) is 4.74 Å². The van der Waals surface area contributed by atoms with Crippen molar-refractivity contribution in [3.8, 4) is 5.75 Å². The zero-order valence-electron chi connectivity index (χ0n) is 19.9. The van der Waals surface area contributed by atoms with Crippen molar-refractivity contribution < 1.29 is 27.1 Å². The molecular weight excluding hydrogens is 463 g/mol. The molecule has 1 heterocycles. The van der Waals surface area contributed by atoms with E-state index in [1.807, 2.05) is 0 Å². The molecule has 3 N–H and O–H groups in total. The van der Waals surface area contributed by atoms with E-state index in [2.05, 4.69) is 15.4 Å². The first-order valence-corrected chi connectivity index (χ1v) is 13.4. The van der Waals surface area contributed by atoms with Crippen molar-refractivity contribution >= 4 is 22.0 Å². The summed E-state index contributed by atoms with van der Waals surface area (Å²) < 4.78 is 48.6.